The van der Waals surface area contributed by atoms with Crippen LogP contribution < -0.4 is 32.9 Å². The molecule has 0 aliphatic heterocycles. The number of rotatable bonds is 6. The number of hydrogen-bond acceptors (Lipinski definition) is 1. The van der Waals surface area contributed by atoms with E-state index in [1.807, 2.05) is 6.92 Å². The minimum atomic E-state index is -1.97. The van der Waals surface area contributed by atoms with E-state index in [9.17, 15) is 5.11 Å². The molecule has 0 bridgehead atoms. The minimum Gasteiger partial charge on any atom is -1.00 e. The molecule has 0 fully saturated rings. The molecule has 3 aromatic carbocycles. The summed E-state index contributed by atoms with van der Waals surface area (Å²) in [6.45, 7) is 4.14. The zero-order valence-corrected chi connectivity index (χ0v) is 17.8. The van der Waals surface area contributed by atoms with Gasteiger partial charge < -0.3 is 22.1 Å². The number of aliphatic hydroxyl groups is 1. The first-order valence-electron chi connectivity index (χ1n) is 8.95. The number of benzene rings is 3. The Morgan fingerprint density at radius 3 is 1.23 bits per heavy atom. The predicted molar refractivity (Wildman–Crippen MR) is 111 cm³/mol. The summed E-state index contributed by atoms with van der Waals surface area (Å²) in [5.41, 5.74) is 0.180. The Kier molecular flexibility index (Phi) is 7.58. The Morgan fingerprint density at radius 2 is 1.00 bits per heavy atom. The Hall–Kier alpha value is -1.47. The van der Waals surface area contributed by atoms with Crippen molar-refractivity contribution in [1.29, 1.82) is 0 Å². The van der Waals surface area contributed by atoms with E-state index in [0.29, 0.717) is 0 Å². The van der Waals surface area contributed by atoms with Crippen LogP contribution in [0, 0.1) is 0 Å². The highest BCUT2D eigenvalue weighted by molar-refractivity contribution is 7.96. The topological polar surface area (TPSA) is 20.2 Å². The van der Waals surface area contributed by atoms with E-state index >= 15 is 0 Å². The summed E-state index contributed by atoms with van der Waals surface area (Å²) in [6, 6.07) is 32.3. The van der Waals surface area contributed by atoms with Crippen LogP contribution in [0.25, 0.3) is 0 Å². The van der Waals surface area contributed by atoms with Gasteiger partial charge in [-0.05, 0) is 49.7 Å². The lowest BCUT2D eigenvalue weighted by Crippen LogP contribution is -3.00. The molecule has 1 N–H and O–H groups in total. The lowest BCUT2D eigenvalue weighted by atomic mass is 10.2. The van der Waals surface area contributed by atoms with Crippen molar-refractivity contribution in [2.24, 2.45) is 0 Å². The second-order valence-corrected chi connectivity index (χ2v) is 10.1. The molecule has 0 radical (unpaired) electrons. The maximum atomic E-state index is 10.8. The van der Waals surface area contributed by atoms with Gasteiger partial charge >= 0.3 is 0 Å². The molecule has 3 rings (SSSR count). The van der Waals surface area contributed by atoms with Gasteiger partial charge in [0.2, 0.25) is 0 Å². The fraction of sp³-hybridized carbons (Fsp3) is 0.217. The van der Waals surface area contributed by atoms with Gasteiger partial charge in [0.25, 0.3) is 0 Å². The minimum absolute atomic E-state index is 0. The van der Waals surface area contributed by atoms with Crippen molar-refractivity contribution in [3.8, 4) is 0 Å². The normalized spacial score (nSPS) is 13.5. The quantitative estimate of drug-likeness (QED) is 0.583. The molecule has 0 spiro atoms. The van der Waals surface area contributed by atoms with Crippen LogP contribution in [0.5, 0.6) is 0 Å². The zero-order chi connectivity index (χ0) is 17.7. The molecule has 3 heteroatoms. The fourth-order valence-electron chi connectivity index (χ4n) is 3.95. The predicted octanol–water partition coefficient (Wildman–Crippen LogP) is 1.14. The van der Waals surface area contributed by atoms with Crippen LogP contribution in [0.1, 0.15) is 20.3 Å². The van der Waals surface area contributed by atoms with Crippen LogP contribution in [-0.4, -0.2) is 16.9 Å². The highest BCUT2D eigenvalue weighted by Gasteiger charge is 2.53. The van der Waals surface area contributed by atoms with Crippen LogP contribution >= 0.6 is 7.26 Å². The van der Waals surface area contributed by atoms with E-state index in [4.69, 9.17) is 0 Å². The Bertz CT molecular complexity index is 678. The van der Waals surface area contributed by atoms with Gasteiger partial charge in [-0.2, -0.15) is 0 Å². The average Bonchev–Trinajstić information content (AvgIpc) is 2.68. The van der Waals surface area contributed by atoms with Crippen molar-refractivity contribution in [2.45, 2.75) is 32.0 Å². The first-order valence-corrected chi connectivity index (χ1v) is 10.8. The number of hydrogen-bond donors (Lipinski definition) is 1. The largest absolute Gasteiger partial charge is 1.00 e. The van der Waals surface area contributed by atoms with Crippen molar-refractivity contribution in [2.75, 3.05) is 0 Å². The maximum absolute atomic E-state index is 10.8. The second kappa shape index (κ2) is 9.46. The third kappa shape index (κ3) is 3.78. The summed E-state index contributed by atoms with van der Waals surface area (Å²) in [7, 11) is -1.97. The molecule has 2 unspecified atom stereocenters. The molecule has 1 nitrogen and oxygen atoms in total. The van der Waals surface area contributed by atoms with Crippen LogP contribution in [0.3, 0.4) is 0 Å². The van der Waals surface area contributed by atoms with Crippen molar-refractivity contribution in [3.63, 3.8) is 0 Å². The van der Waals surface area contributed by atoms with E-state index in [0.717, 1.165) is 6.42 Å². The molecular weight excluding hydrogens is 403 g/mol. The molecule has 2 atom stereocenters. The fourth-order valence-corrected chi connectivity index (χ4v) is 9.12. The van der Waals surface area contributed by atoms with Crippen LogP contribution in [-0.2, 0) is 0 Å². The zero-order valence-electron chi connectivity index (χ0n) is 15.3. The maximum Gasteiger partial charge on any atom is 0.117 e. The van der Waals surface area contributed by atoms with Gasteiger partial charge in [0.05, 0.1) is 6.10 Å². The molecule has 0 aliphatic rings. The molecule has 136 valence electrons. The van der Waals surface area contributed by atoms with Crippen molar-refractivity contribution < 1.29 is 22.1 Å². The molecule has 0 amide bonds. The highest BCUT2D eigenvalue weighted by atomic mass is 79.9. The van der Waals surface area contributed by atoms with E-state index in [1.165, 1.54) is 15.9 Å². The third-order valence-corrected chi connectivity index (χ3v) is 10.1. The average molecular weight is 429 g/mol. The Labute approximate surface area is 168 Å². The smallest absolute Gasteiger partial charge is 0.117 e. The molecule has 0 saturated carbocycles. The van der Waals surface area contributed by atoms with Gasteiger partial charge in [0.15, 0.2) is 0 Å². The van der Waals surface area contributed by atoms with Gasteiger partial charge in [-0.1, -0.05) is 61.5 Å². The van der Waals surface area contributed by atoms with Crippen LogP contribution in [0.2, 0.25) is 0 Å². The molecule has 0 aliphatic carbocycles. The van der Waals surface area contributed by atoms with Gasteiger partial charge in [0.1, 0.15) is 28.8 Å². The summed E-state index contributed by atoms with van der Waals surface area (Å²) >= 11 is 0. The van der Waals surface area contributed by atoms with Crippen molar-refractivity contribution in [1.82, 2.24) is 0 Å². The van der Waals surface area contributed by atoms with Crippen LogP contribution in [0.15, 0.2) is 91.0 Å². The Balaban J connectivity index is 0.00000243. The standard InChI is InChI=1S/C23H26OP.BrH/c1-3-23(19(2)24)25(20-13-7-4-8-14-20,21-15-9-5-10-16-21)22-17-11-6-12-18-22;/h4-19,23-24H,3H2,1-2H3;1H/q+1;/p-1. The molecule has 0 aromatic heterocycles. The molecular formula is C23H26BrOP. The van der Waals surface area contributed by atoms with Crippen molar-refractivity contribution in [3.05, 3.63) is 91.0 Å². The second-order valence-electron chi connectivity index (χ2n) is 6.45. The number of halogens is 1. The van der Waals surface area contributed by atoms with Gasteiger partial charge in [0, 0.05) is 0 Å². The van der Waals surface area contributed by atoms with Crippen LogP contribution in [0.4, 0.5) is 0 Å². The molecule has 3 aromatic rings. The summed E-state index contributed by atoms with van der Waals surface area (Å²) in [4.78, 5) is 0. The lowest BCUT2D eigenvalue weighted by Gasteiger charge is -2.35. The van der Waals surface area contributed by atoms with E-state index in [1.54, 1.807) is 0 Å². The third-order valence-electron chi connectivity index (χ3n) is 4.96. The highest BCUT2D eigenvalue weighted by Crippen LogP contribution is 2.61. The summed E-state index contributed by atoms with van der Waals surface area (Å²) in [5, 5.41) is 14.8. The van der Waals surface area contributed by atoms with E-state index in [2.05, 4.69) is 97.9 Å². The molecule has 26 heavy (non-hydrogen) atoms. The summed E-state index contributed by atoms with van der Waals surface area (Å²) in [6.07, 6.45) is 0.559. The summed E-state index contributed by atoms with van der Waals surface area (Å²) in [5.74, 6) is 0. The molecule has 0 heterocycles. The first kappa shape index (κ1) is 20.8. The SMILES string of the molecule is CCC(C(C)O)[P+](c1ccccc1)(c1ccccc1)c1ccccc1.[Br-]. The lowest BCUT2D eigenvalue weighted by molar-refractivity contribution is -0.00000722. The Morgan fingerprint density at radius 1 is 0.692 bits per heavy atom. The van der Waals surface area contributed by atoms with E-state index < -0.39 is 7.26 Å². The van der Waals surface area contributed by atoms with Crippen molar-refractivity contribution >= 4 is 23.2 Å². The molecule has 0 saturated heterocycles. The monoisotopic (exact) mass is 428 g/mol. The first-order chi connectivity index (χ1) is 12.2. The van der Waals surface area contributed by atoms with Gasteiger partial charge in [-0.25, -0.2) is 0 Å². The van der Waals surface area contributed by atoms with Gasteiger partial charge in [-0.15, -0.1) is 0 Å². The van der Waals surface area contributed by atoms with Gasteiger partial charge in [-0.3, -0.25) is 0 Å². The van der Waals surface area contributed by atoms with E-state index in [-0.39, 0.29) is 28.7 Å². The number of aliphatic hydroxyl groups excluding tert-OH is 1. The summed E-state index contributed by atoms with van der Waals surface area (Å²) < 4.78 is 0.